The van der Waals surface area contributed by atoms with E-state index in [1.165, 1.54) is 11.6 Å². The molecule has 0 radical (unpaired) electrons. The van der Waals surface area contributed by atoms with E-state index in [0.717, 1.165) is 47.8 Å². The fraction of sp³-hybridized carbons (Fsp3) is 0.564. The maximum absolute atomic E-state index is 14.7. The molecule has 11 heteroatoms. The molecular formula is C39H58FN3O7. The number of halogens is 1. The van der Waals surface area contributed by atoms with E-state index in [0.29, 0.717) is 22.3 Å². The number of alkyl carbamates (subject to hydrolysis) is 1. The number of pyridine rings is 1. The third-order valence-electron chi connectivity index (χ3n) is 7.69. The van der Waals surface area contributed by atoms with E-state index in [-0.39, 0.29) is 47.7 Å². The van der Waals surface area contributed by atoms with Gasteiger partial charge in [0.2, 0.25) is 6.41 Å². The van der Waals surface area contributed by atoms with Crippen molar-refractivity contribution in [2.45, 2.75) is 133 Å². The minimum Gasteiger partial charge on any atom is -0.458 e. The molecular weight excluding hydrogens is 641 g/mol. The number of ketones is 1. The summed E-state index contributed by atoms with van der Waals surface area (Å²) in [6, 6.07) is 1.50. The number of esters is 1. The molecule has 1 unspecified atom stereocenters. The number of primary amides is 1. The van der Waals surface area contributed by atoms with Crippen LogP contribution in [0.25, 0.3) is 16.5 Å². The van der Waals surface area contributed by atoms with Crippen molar-refractivity contribution in [3.8, 4) is 0 Å². The van der Waals surface area contributed by atoms with Gasteiger partial charge in [-0.15, -0.1) is 0 Å². The number of hydrogen-bond acceptors (Lipinski definition) is 8. The lowest BCUT2D eigenvalue weighted by Gasteiger charge is -2.25. The Labute approximate surface area is 297 Å². The zero-order chi connectivity index (χ0) is 38.7. The van der Waals surface area contributed by atoms with E-state index < -0.39 is 17.7 Å². The third-order valence-corrected chi connectivity index (χ3v) is 7.69. The SMILES string of the molecule is CC.CC(C)(C)NC(=O)OC(C)(C)C.CCc1c(/C(C)=C/C2=C(C(=O)C(C)C)COC(=O)C2O)nc2cc(F)c(C)c3c2c1CCC3.NC=O. The molecule has 0 fully saturated rings. The Morgan fingerprint density at radius 2 is 1.72 bits per heavy atom. The first kappa shape index (κ1) is 43.9. The van der Waals surface area contributed by atoms with Crippen molar-refractivity contribution >= 4 is 40.7 Å². The molecule has 10 nitrogen and oxygen atoms in total. The Morgan fingerprint density at radius 3 is 2.22 bits per heavy atom. The molecule has 0 spiro atoms. The highest BCUT2D eigenvalue weighted by Gasteiger charge is 2.33. The molecule has 278 valence electrons. The van der Waals surface area contributed by atoms with Crippen LogP contribution in [0.1, 0.15) is 117 Å². The number of cyclic esters (lactones) is 1. The van der Waals surface area contributed by atoms with Crippen molar-refractivity contribution in [2.24, 2.45) is 11.7 Å². The first-order valence-electron chi connectivity index (χ1n) is 17.3. The molecule has 0 saturated carbocycles. The summed E-state index contributed by atoms with van der Waals surface area (Å²) in [6.45, 7) is 24.4. The number of nitrogens with two attached hydrogens (primary N) is 1. The second-order valence-electron chi connectivity index (χ2n) is 14.3. The van der Waals surface area contributed by atoms with Crippen LogP contribution < -0.4 is 11.1 Å². The topological polar surface area (TPSA) is 158 Å². The van der Waals surface area contributed by atoms with Crippen LogP contribution in [0, 0.1) is 18.7 Å². The van der Waals surface area contributed by atoms with Crippen LogP contribution >= 0.6 is 0 Å². The second kappa shape index (κ2) is 18.8. The second-order valence-corrected chi connectivity index (χ2v) is 14.3. The number of nitrogens with zero attached hydrogens (tertiary/aromatic N) is 1. The summed E-state index contributed by atoms with van der Waals surface area (Å²) >= 11 is 0. The molecule has 1 aromatic carbocycles. The number of carbonyl (C=O) groups is 4. The lowest BCUT2D eigenvalue weighted by atomic mass is 9.83. The van der Waals surface area contributed by atoms with Crippen LogP contribution in [0.4, 0.5) is 9.18 Å². The van der Waals surface area contributed by atoms with Gasteiger partial charge < -0.3 is 25.6 Å². The number of rotatable bonds is 5. The molecule has 2 heterocycles. The van der Waals surface area contributed by atoms with Crippen molar-refractivity contribution in [3.63, 3.8) is 0 Å². The van der Waals surface area contributed by atoms with Gasteiger partial charge in [-0.25, -0.2) is 19.0 Å². The minimum absolute atomic E-state index is 0.156. The van der Waals surface area contributed by atoms with Gasteiger partial charge in [-0.3, -0.25) is 9.59 Å². The van der Waals surface area contributed by atoms with Gasteiger partial charge in [0.25, 0.3) is 0 Å². The quantitative estimate of drug-likeness (QED) is 0.222. The maximum atomic E-state index is 14.7. The van der Waals surface area contributed by atoms with Gasteiger partial charge in [-0.2, -0.15) is 0 Å². The summed E-state index contributed by atoms with van der Waals surface area (Å²) in [5.74, 6) is -1.49. The zero-order valence-electron chi connectivity index (χ0n) is 32.2. The molecule has 4 N–H and O–H groups in total. The summed E-state index contributed by atoms with van der Waals surface area (Å²) in [7, 11) is 0. The number of hydrogen-bond donors (Lipinski definition) is 3. The molecule has 4 rings (SSSR count). The van der Waals surface area contributed by atoms with Gasteiger partial charge in [0.15, 0.2) is 11.9 Å². The molecule has 2 amide bonds. The van der Waals surface area contributed by atoms with Gasteiger partial charge in [0.05, 0.1) is 11.2 Å². The van der Waals surface area contributed by atoms with Gasteiger partial charge in [-0.1, -0.05) is 40.7 Å². The first-order valence-corrected chi connectivity index (χ1v) is 17.3. The van der Waals surface area contributed by atoms with Crippen molar-refractivity contribution in [1.82, 2.24) is 10.3 Å². The predicted molar refractivity (Wildman–Crippen MR) is 196 cm³/mol. The lowest BCUT2D eigenvalue weighted by molar-refractivity contribution is -0.152. The van der Waals surface area contributed by atoms with Crippen LogP contribution in [-0.2, 0) is 43.1 Å². The normalized spacial score (nSPS) is 15.8. The Morgan fingerprint density at radius 1 is 1.16 bits per heavy atom. The van der Waals surface area contributed by atoms with Crippen LogP contribution in [0.15, 0.2) is 23.3 Å². The molecule has 1 aliphatic carbocycles. The molecule has 1 atom stereocenters. The molecule has 1 aliphatic heterocycles. The van der Waals surface area contributed by atoms with Crippen molar-refractivity contribution in [1.29, 1.82) is 0 Å². The zero-order valence-corrected chi connectivity index (χ0v) is 32.2. The fourth-order valence-electron chi connectivity index (χ4n) is 5.67. The van der Waals surface area contributed by atoms with E-state index >= 15 is 0 Å². The number of aliphatic hydroxyl groups is 1. The van der Waals surface area contributed by atoms with E-state index in [9.17, 15) is 23.9 Å². The van der Waals surface area contributed by atoms with E-state index in [4.69, 9.17) is 19.3 Å². The van der Waals surface area contributed by atoms with Crippen LogP contribution in [0.3, 0.4) is 0 Å². The molecule has 2 aliphatic rings. The third kappa shape index (κ3) is 11.7. The predicted octanol–water partition coefficient (Wildman–Crippen LogP) is 7.01. The molecule has 2 aromatic rings. The number of carbonyl (C=O) groups excluding carboxylic acids is 4. The standard InChI is InChI=1S/C27H30FNO4.C9H19NO2.C2H6.CH3NO/c1-6-16-18-9-7-8-17-15(5)21(28)11-22(23(17)18)29-24(16)14(4)10-19-20(25(30)13(2)3)12-33-27(32)26(19)31;1-8(2,3)10-7(11)12-9(4,5)6;1-2;2-1-3/h10-11,13,26,31H,6-9,12H2,1-5H3;1-6H3,(H,10,11);1-2H3;1H,(H2,2,3)/b14-10+;;;. The van der Waals surface area contributed by atoms with Crippen molar-refractivity contribution in [2.75, 3.05) is 6.61 Å². The van der Waals surface area contributed by atoms with Crippen molar-refractivity contribution < 1.29 is 38.1 Å². The van der Waals surface area contributed by atoms with Crippen LogP contribution in [0.2, 0.25) is 0 Å². The summed E-state index contributed by atoms with van der Waals surface area (Å²) in [5.41, 5.74) is 10.2. The van der Waals surface area contributed by atoms with E-state index in [2.05, 4.69) is 18.0 Å². The Bertz CT molecular complexity index is 1590. The minimum atomic E-state index is -1.53. The Hall–Kier alpha value is -4.12. The maximum Gasteiger partial charge on any atom is 0.408 e. The summed E-state index contributed by atoms with van der Waals surface area (Å²) in [6.07, 6.45) is 3.47. The number of amides is 2. The monoisotopic (exact) mass is 699 g/mol. The highest BCUT2D eigenvalue weighted by molar-refractivity contribution is 6.01. The highest BCUT2D eigenvalue weighted by atomic mass is 19.1. The van der Waals surface area contributed by atoms with Gasteiger partial charge >= 0.3 is 12.1 Å². The Balaban J connectivity index is 0.000000618. The largest absolute Gasteiger partial charge is 0.458 e. The average Bonchev–Trinajstić information content (AvgIpc) is 3.01. The average molecular weight is 700 g/mol. The first-order chi connectivity index (χ1) is 23.2. The Kier molecular flexibility index (Phi) is 16.5. The summed E-state index contributed by atoms with van der Waals surface area (Å²) in [5, 5.41) is 14.3. The van der Waals surface area contributed by atoms with Gasteiger partial charge in [0.1, 0.15) is 18.0 Å². The van der Waals surface area contributed by atoms with Gasteiger partial charge in [0, 0.05) is 34.1 Å². The molecule has 1 aromatic heterocycles. The highest BCUT2D eigenvalue weighted by Crippen LogP contribution is 2.38. The van der Waals surface area contributed by atoms with E-state index in [1.807, 2.05) is 69.2 Å². The number of Topliss-reactive ketones (excluding diaryl/α,β-unsaturated/α-hetero) is 1. The number of allylic oxidation sites excluding steroid dienone is 1. The van der Waals surface area contributed by atoms with Crippen LogP contribution in [0.5, 0.6) is 0 Å². The smallest absolute Gasteiger partial charge is 0.408 e. The van der Waals surface area contributed by atoms with Crippen LogP contribution in [-0.4, -0.2) is 58.2 Å². The van der Waals surface area contributed by atoms with Gasteiger partial charge in [-0.05, 0) is 109 Å². The molecule has 50 heavy (non-hydrogen) atoms. The number of aliphatic hydroxyl groups excluding tert-OH is 1. The summed E-state index contributed by atoms with van der Waals surface area (Å²) < 4.78 is 24.8. The number of benzene rings is 1. The molecule has 0 bridgehead atoms. The fourth-order valence-corrected chi connectivity index (χ4v) is 5.67. The summed E-state index contributed by atoms with van der Waals surface area (Å²) in [4.78, 5) is 49.4. The number of aryl methyl sites for hydroxylation is 2. The van der Waals surface area contributed by atoms with E-state index in [1.54, 1.807) is 19.9 Å². The lowest BCUT2D eigenvalue weighted by Crippen LogP contribution is -2.43. The molecule has 0 saturated heterocycles. The number of aromatic nitrogens is 1. The van der Waals surface area contributed by atoms with Crippen molar-refractivity contribution in [3.05, 3.63) is 57.1 Å². The number of nitrogens with one attached hydrogen (secondary N) is 1. The number of ether oxygens (including phenoxy) is 2.